The van der Waals surface area contributed by atoms with Gasteiger partial charge in [-0.25, -0.2) is 9.78 Å². The minimum absolute atomic E-state index is 0.0245. The van der Waals surface area contributed by atoms with Gasteiger partial charge in [-0.2, -0.15) is 0 Å². The lowest BCUT2D eigenvalue weighted by molar-refractivity contribution is -0.141. The third-order valence-electron chi connectivity index (χ3n) is 6.00. The molecule has 1 aliphatic rings. The Morgan fingerprint density at radius 1 is 1.06 bits per heavy atom. The molecule has 1 aliphatic carbocycles. The SMILES string of the molecule is CC(NC(=O)c1cnc(CNC(=O)OCC2c3ccccc3-c3ccccc32)s1)C(C)C(=O)O. The van der Waals surface area contributed by atoms with E-state index in [-0.39, 0.29) is 19.1 Å². The first kappa shape index (κ1) is 23.4. The molecule has 9 heteroatoms. The molecular formula is C25H25N3O5S. The zero-order chi connectivity index (χ0) is 24.2. The Balaban J connectivity index is 1.30. The van der Waals surface area contributed by atoms with E-state index >= 15 is 0 Å². The van der Waals surface area contributed by atoms with Crippen LogP contribution in [0.2, 0.25) is 0 Å². The maximum Gasteiger partial charge on any atom is 0.407 e. The molecule has 0 radical (unpaired) electrons. The molecule has 1 aromatic heterocycles. The summed E-state index contributed by atoms with van der Waals surface area (Å²) in [6.45, 7) is 3.50. The Morgan fingerprint density at radius 3 is 2.29 bits per heavy atom. The van der Waals surface area contributed by atoms with E-state index in [1.807, 2.05) is 24.3 Å². The topological polar surface area (TPSA) is 118 Å². The first-order valence-corrected chi connectivity index (χ1v) is 11.7. The number of benzene rings is 2. The van der Waals surface area contributed by atoms with E-state index in [1.54, 1.807) is 6.92 Å². The second-order valence-electron chi connectivity index (χ2n) is 8.19. The minimum Gasteiger partial charge on any atom is -0.481 e. The lowest BCUT2D eigenvalue weighted by Crippen LogP contribution is -2.39. The highest BCUT2D eigenvalue weighted by Gasteiger charge is 2.29. The molecule has 1 heterocycles. The number of ether oxygens (including phenoxy) is 1. The average molecular weight is 480 g/mol. The second-order valence-corrected chi connectivity index (χ2v) is 9.30. The van der Waals surface area contributed by atoms with Crippen LogP contribution in [-0.2, 0) is 16.1 Å². The normalized spacial score (nSPS) is 13.9. The summed E-state index contributed by atoms with van der Waals surface area (Å²) in [5.41, 5.74) is 4.59. The fraction of sp³-hybridized carbons (Fsp3) is 0.280. The molecule has 0 saturated carbocycles. The van der Waals surface area contributed by atoms with E-state index in [0.717, 1.165) is 33.6 Å². The smallest absolute Gasteiger partial charge is 0.407 e. The zero-order valence-electron chi connectivity index (χ0n) is 18.8. The van der Waals surface area contributed by atoms with Crippen molar-refractivity contribution >= 4 is 29.3 Å². The quantitative estimate of drug-likeness (QED) is 0.449. The van der Waals surface area contributed by atoms with Crippen LogP contribution in [0.3, 0.4) is 0 Å². The van der Waals surface area contributed by atoms with Crippen LogP contribution in [0.1, 0.15) is 45.6 Å². The van der Waals surface area contributed by atoms with Gasteiger partial charge in [0.15, 0.2) is 0 Å². The van der Waals surface area contributed by atoms with E-state index in [2.05, 4.69) is 39.9 Å². The minimum atomic E-state index is -0.981. The van der Waals surface area contributed by atoms with E-state index < -0.39 is 29.9 Å². The Bertz CT molecular complexity index is 1180. The van der Waals surface area contributed by atoms with Crippen molar-refractivity contribution < 1.29 is 24.2 Å². The Morgan fingerprint density at radius 2 is 1.68 bits per heavy atom. The van der Waals surface area contributed by atoms with E-state index in [9.17, 15) is 14.4 Å². The van der Waals surface area contributed by atoms with Gasteiger partial charge in [0.2, 0.25) is 0 Å². The number of carboxylic acids is 1. The van der Waals surface area contributed by atoms with Gasteiger partial charge < -0.3 is 20.5 Å². The Hall–Kier alpha value is -3.72. The van der Waals surface area contributed by atoms with E-state index in [0.29, 0.717) is 9.88 Å². The molecule has 0 saturated heterocycles. The number of hydrogen-bond donors (Lipinski definition) is 3. The van der Waals surface area contributed by atoms with Crippen molar-refractivity contribution in [3.05, 3.63) is 75.7 Å². The lowest BCUT2D eigenvalue weighted by Gasteiger charge is -2.16. The largest absolute Gasteiger partial charge is 0.481 e. The monoisotopic (exact) mass is 479 g/mol. The number of rotatable bonds is 8. The highest BCUT2D eigenvalue weighted by atomic mass is 32.1. The summed E-state index contributed by atoms with van der Waals surface area (Å²) in [7, 11) is 0. The number of alkyl carbamates (subject to hydrolysis) is 1. The van der Waals surface area contributed by atoms with Crippen LogP contribution in [-0.4, -0.2) is 40.7 Å². The highest BCUT2D eigenvalue weighted by Crippen LogP contribution is 2.44. The van der Waals surface area contributed by atoms with Crippen LogP contribution < -0.4 is 10.6 Å². The predicted molar refractivity (Wildman–Crippen MR) is 128 cm³/mol. The number of amides is 2. The van der Waals surface area contributed by atoms with Gasteiger partial charge in [0.05, 0.1) is 18.7 Å². The molecular weight excluding hydrogens is 454 g/mol. The maximum atomic E-state index is 12.3. The molecule has 0 bridgehead atoms. The molecule has 3 N–H and O–H groups in total. The summed E-state index contributed by atoms with van der Waals surface area (Å²) in [5, 5.41) is 14.9. The molecule has 2 amide bonds. The molecule has 0 aliphatic heterocycles. The highest BCUT2D eigenvalue weighted by molar-refractivity contribution is 7.13. The van der Waals surface area contributed by atoms with Crippen LogP contribution in [0, 0.1) is 5.92 Å². The van der Waals surface area contributed by atoms with Crippen molar-refractivity contribution in [2.24, 2.45) is 5.92 Å². The van der Waals surface area contributed by atoms with Gasteiger partial charge in [0.25, 0.3) is 5.91 Å². The van der Waals surface area contributed by atoms with Crippen molar-refractivity contribution in [3.8, 4) is 11.1 Å². The Labute approximate surface area is 201 Å². The summed E-state index contributed by atoms with van der Waals surface area (Å²) >= 11 is 1.13. The van der Waals surface area contributed by atoms with Gasteiger partial charge in [0.1, 0.15) is 16.5 Å². The van der Waals surface area contributed by atoms with Gasteiger partial charge in [-0.1, -0.05) is 48.5 Å². The number of carboxylic acid groups (broad SMARTS) is 1. The molecule has 34 heavy (non-hydrogen) atoms. The molecule has 8 nitrogen and oxygen atoms in total. The number of nitrogens with one attached hydrogen (secondary N) is 2. The van der Waals surface area contributed by atoms with E-state index in [4.69, 9.17) is 9.84 Å². The van der Waals surface area contributed by atoms with Crippen LogP contribution in [0.5, 0.6) is 0 Å². The molecule has 3 aromatic rings. The molecule has 2 aromatic carbocycles. The lowest BCUT2D eigenvalue weighted by atomic mass is 9.98. The fourth-order valence-electron chi connectivity index (χ4n) is 3.91. The predicted octanol–water partition coefficient (Wildman–Crippen LogP) is 4.02. The van der Waals surface area contributed by atoms with Crippen molar-refractivity contribution in [2.75, 3.05) is 6.61 Å². The third kappa shape index (κ3) is 4.94. The van der Waals surface area contributed by atoms with Crippen molar-refractivity contribution in [3.63, 3.8) is 0 Å². The number of carbonyl (C=O) groups is 3. The standard InChI is InChI=1S/C25H25N3O5S/c1-14(24(30)31)15(2)28-23(29)21-11-26-22(34-21)12-27-25(32)33-13-20-18-9-5-3-7-16(18)17-8-4-6-10-19(17)20/h3-11,14-15,20H,12-13H2,1-2H3,(H,27,32)(H,28,29)(H,30,31). The number of carbonyl (C=O) groups excluding carboxylic acids is 2. The number of aliphatic carboxylic acids is 1. The van der Waals surface area contributed by atoms with E-state index in [1.165, 1.54) is 13.1 Å². The maximum absolute atomic E-state index is 12.3. The summed E-state index contributed by atoms with van der Waals surface area (Å²) in [4.78, 5) is 40.2. The zero-order valence-corrected chi connectivity index (χ0v) is 19.6. The van der Waals surface area contributed by atoms with Crippen LogP contribution in [0.15, 0.2) is 54.7 Å². The van der Waals surface area contributed by atoms with Crippen molar-refractivity contribution in [2.45, 2.75) is 32.4 Å². The Kier molecular flexibility index (Phi) is 6.93. The molecule has 4 rings (SSSR count). The molecule has 176 valence electrons. The third-order valence-corrected chi connectivity index (χ3v) is 7.00. The van der Waals surface area contributed by atoms with Gasteiger partial charge in [0, 0.05) is 12.0 Å². The summed E-state index contributed by atoms with van der Waals surface area (Å²) in [5.74, 6) is -2.12. The summed E-state index contributed by atoms with van der Waals surface area (Å²) < 4.78 is 5.51. The number of hydrogen-bond acceptors (Lipinski definition) is 6. The van der Waals surface area contributed by atoms with Crippen LogP contribution >= 0.6 is 11.3 Å². The number of aromatic nitrogens is 1. The number of thiazole rings is 1. The van der Waals surface area contributed by atoms with Gasteiger partial charge in [-0.15, -0.1) is 11.3 Å². The number of fused-ring (bicyclic) bond motifs is 3. The first-order chi connectivity index (χ1) is 16.3. The fourth-order valence-corrected chi connectivity index (χ4v) is 4.67. The average Bonchev–Trinajstić information content (AvgIpc) is 3.44. The van der Waals surface area contributed by atoms with Crippen molar-refractivity contribution in [1.82, 2.24) is 15.6 Å². The van der Waals surface area contributed by atoms with Gasteiger partial charge >= 0.3 is 12.1 Å². The molecule has 0 fully saturated rings. The first-order valence-electron chi connectivity index (χ1n) is 10.9. The molecule has 2 atom stereocenters. The second kappa shape index (κ2) is 10.0. The summed E-state index contributed by atoms with van der Waals surface area (Å²) in [6, 6.07) is 15.7. The van der Waals surface area contributed by atoms with Gasteiger partial charge in [-0.3, -0.25) is 9.59 Å². The summed E-state index contributed by atoms with van der Waals surface area (Å²) in [6.07, 6.45) is 0.847. The molecule has 0 spiro atoms. The number of nitrogens with zero attached hydrogens (tertiary/aromatic N) is 1. The molecule has 2 unspecified atom stereocenters. The van der Waals surface area contributed by atoms with Crippen LogP contribution in [0.25, 0.3) is 11.1 Å². The van der Waals surface area contributed by atoms with Crippen molar-refractivity contribution in [1.29, 1.82) is 0 Å². The van der Waals surface area contributed by atoms with Gasteiger partial charge in [-0.05, 0) is 36.1 Å². The van der Waals surface area contributed by atoms with Crippen LogP contribution in [0.4, 0.5) is 4.79 Å².